The molecule has 43 heavy (non-hydrogen) atoms. The average Bonchev–Trinajstić information content (AvgIpc) is 3.27. The Balaban J connectivity index is 1.37. The highest BCUT2D eigenvalue weighted by Gasteiger charge is 2.23. The summed E-state index contributed by atoms with van der Waals surface area (Å²) in [5, 5.41) is 21.6. The second-order valence-electron chi connectivity index (χ2n) is 11.4. The molecule has 0 saturated heterocycles. The number of unbranched alkanes of at least 4 members (excludes halogenated alkanes) is 7. The van der Waals surface area contributed by atoms with E-state index in [2.05, 4.69) is 6.92 Å². The van der Waals surface area contributed by atoms with Crippen molar-refractivity contribution in [3.63, 3.8) is 0 Å². The third kappa shape index (κ3) is 4.79. The molecule has 0 bridgehead atoms. The molecular weight excluding hydrogens is 542 g/mol. The molecule has 0 unspecified atom stereocenters. The summed E-state index contributed by atoms with van der Waals surface area (Å²) >= 11 is 0. The molecule has 0 spiro atoms. The van der Waals surface area contributed by atoms with Crippen molar-refractivity contribution in [3.05, 3.63) is 107 Å². The van der Waals surface area contributed by atoms with Crippen LogP contribution in [0.2, 0.25) is 0 Å². The van der Waals surface area contributed by atoms with E-state index in [1.807, 2.05) is 12.1 Å². The van der Waals surface area contributed by atoms with Gasteiger partial charge in [-0.25, -0.2) is 4.57 Å². The van der Waals surface area contributed by atoms with E-state index < -0.39 is 33.5 Å². The molecule has 1 heterocycles. The quantitative estimate of drug-likeness (QED) is 0.110. The van der Waals surface area contributed by atoms with Crippen molar-refractivity contribution in [2.45, 2.75) is 64.7 Å². The van der Waals surface area contributed by atoms with Crippen molar-refractivity contribution in [1.29, 1.82) is 0 Å². The van der Waals surface area contributed by atoms with Crippen LogP contribution in [0, 0.1) is 0 Å². The van der Waals surface area contributed by atoms with E-state index in [9.17, 15) is 29.4 Å². The number of phenolic OH excluding ortho intramolecular Hbond substituents is 2. The summed E-state index contributed by atoms with van der Waals surface area (Å²) in [6, 6.07) is 16.2. The molecule has 0 amide bonds. The van der Waals surface area contributed by atoms with Crippen molar-refractivity contribution >= 4 is 43.1 Å². The molecule has 0 fully saturated rings. The van der Waals surface area contributed by atoms with Gasteiger partial charge in [0.15, 0.2) is 10.9 Å². The van der Waals surface area contributed by atoms with E-state index in [1.54, 1.807) is 36.4 Å². The van der Waals surface area contributed by atoms with Crippen LogP contribution in [0.15, 0.2) is 79.8 Å². The van der Waals surface area contributed by atoms with Gasteiger partial charge in [0, 0.05) is 21.5 Å². The fourth-order valence-electron chi connectivity index (χ4n) is 6.29. The number of nitrogens with zero attached hydrogens (tertiary/aromatic N) is 1. The highest BCUT2D eigenvalue weighted by atomic mass is 16.3. The largest absolute Gasteiger partial charge is 0.506 e. The minimum atomic E-state index is -0.699. The fourth-order valence-corrected chi connectivity index (χ4v) is 6.29. The first-order chi connectivity index (χ1) is 20.8. The summed E-state index contributed by atoms with van der Waals surface area (Å²) in [5.74, 6) is -0.826. The number of hydrogen-bond acceptors (Lipinski definition) is 6. The number of rotatable bonds is 10. The summed E-state index contributed by atoms with van der Waals surface area (Å²) in [6.45, 7) is 2.22. The summed E-state index contributed by atoms with van der Waals surface area (Å²) in [7, 11) is 0. The number of aromatic nitrogens is 1. The van der Waals surface area contributed by atoms with Crippen molar-refractivity contribution < 1.29 is 10.2 Å². The molecule has 6 rings (SSSR count). The zero-order chi connectivity index (χ0) is 30.2. The maximum absolute atomic E-state index is 13.6. The van der Waals surface area contributed by atoms with Gasteiger partial charge in [-0.1, -0.05) is 88.3 Å². The van der Waals surface area contributed by atoms with Crippen molar-refractivity contribution in [2.75, 3.05) is 0 Å². The van der Waals surface area contributed by atoms with Crippen LogP contribution in [0.5, 0.6) is 11.5 Å². The number of phenols is 2. The molecule has 7 heteroatoms. The summed E-state index contributed by atoms with van der Waals surface area (Å²) in [4.78, 5) is 54.1. The molecule has 0 radical (unpaired) electrons. The second-order valence-corrected chi connectivity index (χ2v) is 11.4. The minimum Gasteiger partial charge on any atom is -0.506 e. The Morgan fingerprint density at radius 2 is 1.02 bits per heavy atom. The van der Waals surface area contributed by atoms with Crippen molar-refractivity contribution in [2.24, 2.45) is 0 Å². The van der Waals surface area contributed by atoms with Gasteiger partial charge in [-0.15, -0.1) is 0 Å². The Hall–Kier alpha value is -4.78. The van der Waals surface area contributed by atoms with Crippen LogP contribution in [-0.4, -0.2) is 14.8 Å². The van der Waals surface area contributed by atoms with E-state index in [1.165, 1.54) is 57.1 Å². The predicted octanol–water partition coefficient (Wildman–Crippen LogP) is 6.50. The molecule has 7 nitrogen and oxygen atoms in total. The van der Waals surface area contributed by atoms with Gasteiger partial charge in [-0.3, -0.25) is 19.2 Å². The zero-order valence-electron chi connectivity index (χ0n) is 24.1. The molecule has 1 aromatic heterocycles. The lowest BCUT2D eigenvalue weighted by atomic mass is 9.95. The van der Waals surface area contributed by atoms with E-state index in [0.717, 1.165) is 23.0 Å². The number of fused-ring (bicyclic) bond motifs is 4. The maximum Gasteiger partial charge on any atom is 0.266 e. The van der Waals surface area contributed by atoms with Gasteiger partial charge in [0.05, 0.1) is 27.2 Å². The summed E-state index contributed by atoms with van der Waals surface area (Å²) in [5.41, 5.74) is -1.04. The molecule has 2 N–H and O–H groups in total. The maximum atomic E-state index is 13.6. The molecule has 5 aromatic carbocycles. The second kappa shape index (κ2) is 11.5. The SMILES string of the molecule is CCCCCCCCCCc1ccc(-n2c(=O)c3cc4c(=O)c5c(O)c6ccccc6c(O)c5c(=O)c4cc3c2=O)cc1. The van der Waals surface area contributed by atoms with E-state index >= 15 is 0 Å². The topological polar surface area (TPSA) is 114 Å². The minimum absolute atomic E-state index is 0.0147. The Morgan fingerprint density at radius 1 is 0.558 bits per heavy atom. The predicted molar refractivity (Wildman–Crippen MR) is 173 cm³/mol. The normalized spacial score (nSPS) is 11.8. The van der Waals surface area contributed by atoms with Crippen LogP contribution in [0.25, 0.3) is 48.8 Å². The monoisotopic (exact) mass is 575 g/mol. The van der Waals surface area contributed by atoms with E-state index in [0.29, 0.717) is 5.69 Å². The van der Waals surface area contributed by atoms with Crippen LogP contribution < -0.4 is 22.0 Å². The summed E-state index contributed by atoms with van der Waals surface area (Å²) < 4.78 is 1.06. The molecule has 0 aliphatic heterocycles. The van der Waals surface area contributed by atoms with Gasteiger partial charge in [0.25, 0.3) is 11.1 Å². The lowest BCUT2D eigenvalue weighted by Crippen LogP contribution is -2.23. The first kappa shape index (κ1) is 28.3. The van der Waals surface area contributed by atoms with E-state index in [4.69, 9.17) is 0 Å². The first-order valence-corrected chi connectivity index (χ1v) is 15.0. The smallest absolute Gasteiger partial charge is 0.266 e. The van der Waals surface area contributed by atoms with Crippen LogP contribution in [0.1, 0.15) is 63.9 Å². The van der Waals surface area contributed by atoms with E-state index in [-0.39, 0.29) is 43.1 Å². The third-order valence-corrected chi connectivity index (χ3v) is 8.64. The summed E-state index contributed by atoms with van der Waals surface area (Å²) in [6.07, 6.45) is 10.8. The van der Waals surface area contributed by atoms with Crippen LogP contribution >= 0.6 is 0 Å². The Bertz CT molecular complexity index is 2090. The molecule has 0 atom stereocenters. The fraction of sp³-hybridized carbons (Fsp3) is 0.278. The van der Waals surface area contributed by atoms with Gasteiger partial charge in [-0.05, 0) is 42.7 Å². The first-order valence-electron chi connectivity index (χ1n) is 15.0. The van der Waals surface area contributed by atoms with Gasteiger partial charge in [0.2, 0.25) is 0 Å². The van der Waals surface area contributed by atoms with Gasteiger partial charge < -0.3 is 10.2 Å². The van der Waals surface area contributed by atoms with Gasteiger partial charge >= 0.3 is 0 Å². The standard InChI is InChI=1S/C36H33NO6/c1-2-3-4-5-6-7-8-9-12-21-15-17-22(18-16-21)37-35(42)27-19-25-26(20-28(27)36(37)43)34(41)30-29(33(25)40)31(38)23-13-10-11-14-24(23)32(30)39/h10-11,13-20,38-39H,2-9,12H2,1H3. The highest BCUT2D eigenvalue weighted by molar-refractivity contribution is 6.15. The number of aromatic hydroxyl groups is 2. The van der Waals surface area contributed by atoms with Gasteiger partial charge in [0.1, 0.15) is 11.5 Å². The van der Waals surface area contributed by atoms with Crippen LogP contribution in [0.3, 0.4) is 0 Å². The Labute approximate surface area is 247 Å². The van der Waals surface area contributed by atoms with Gasteiger partial charge in [-0.2, -0.15) is 0 Å². The van der Waals surface area contributed by atoms with Crippen LogP contribution in [0.4, 0.5) is 0 Å². The lowest BCUT2D eigenvalue weighted by Gasteiger charge is -2.09. The molecular formula is C36H33NO6. The van der Waals surface area contributed by atoms with Crippen LogP contribution in [-0.2, 0) is 6.42 Å². The Morgan fingerprint density at radius 3 is 1.51 bits per heavy atom. The number of hydrogen-bond donors (Lipinski definition) is 2. The lowest BCUT2D eigenvalue weighted by molar-refractivity contribution is 0.478. The molecule has 0 aliphatic rings. The molecule has 0 saturated carbocycles. The Kier molecular flexibility index (Phi) is 7.57. The van der Waals surface area contributed by atoms with Crippen molar-refractivity contribution in [1.82, 2.24) is 4.57 Å². The van der Waals surface area contributed by atoms with Crippen molar-refractivity contribution in [3.8, 4) is 17.2 Å². The molecule has 218 valence electrons. The zero-order valence-corrected chi connectivity index (χ0v) is 24.1. The highest BCUT2D eigenvalue weighted by Crippen LogP contribution is 2.39. The third-order valence-electron chi connectivity index (χ3n) is 8.64. The average molecular weight is 576 g/mol. The molecule has 0 aliphatic carbocycles. The number of benzene rings is 5. The molecule has 6 aromatic rings. The number of aryl methyl sites for hydroxylation is 1.